The Morgan fingerprint density at radius 1 is 0.755 bits per heavy atom. The lowest BCUT2D eigenvalue weighted by atomic mass is 9.49. The van der Waals surface area contributed by atoms with Gasteiger partial charge in [0.1, 0.15) is 5.75 Å². The quantitative estimate of drug-likeness (QED) is 0.193. The summed E-state index contributed by atoms with van der Waals surface area (Å²) in [5.41, 5.74) is 6.77. The first kappa shape index (κ1) is 33.1. The molecular weight excluding hydrogens is 668 g/mol. The number of aromatic hydroxyl groups is 1. The molecule has 0 spiro atoms. The van der Waals surface area contributed by atoms with Gasteiger partial charge >= 0.3 is 0 Å². The zero-order chi connectivity index (χ0) is 36.4. The van der Waals surface area contributed by atoms with Crippen molar-refractivity contribution in [2.24, 2.45) is 23.7 Å². The monoisotopic (exact) mass is 708 g/mol. The van der Waals surface area contributed by atoms with Gasteiger partial charge in [-0.25, -0.2) is 0 Å². The van der Waals surface area contributed by atoms with Crippen molar-refractivity contribution < 1.29 is 29.0 Å². The molecule has 5 aliphatic rings. The Balaban J connectivity index is 1.15. The van der Waals surface area contributed by atoms with Gasteiger partial charge in [0, 0.05) is 30.3 Å². The van der Waals surface area contributed by atoms with Crippen molar-refractivity contribution in [3.63, 3.8) is 0 Å². The number of carbonyl (C=O) groups is 4. The van der Waals surface area contributed by atoms with Crippen molar-refractivity contribution in [1.29, 1.82) is 0 Å². The van der Waals surface area contributed by atoms with Gasteiger partial charge in [0.2, 0.25) is 11.8 Å². The van der Waals surface area contributed by atoms with Crippen molar-refractivity contribution in [2.75, 3.05) is 41.5 Å². The molecule has 4 fully saturated rings. The molecule has 2 N–H and O–H groups in total. The molecule has 9 rings (SSSR count). The molecule has 53 heavy (non-hydrogen) atoms. The van der Waals surface area contributed by atoms with E-state index < -0.39 is 46.8 Å². The predicted octanol–water partition coefficient (Wildman–Crippen LogP) is 5.73. The topological polar surface area (TPSA) is 119 Å². The molecule has 0 aromatic heterocycles. The summed E-state index contributed by atoms with van der Waals surface area (Å²) in [6.07, 6.45) is 2.50. The van der Waals surface area contributed by atoms with Crippen LogP contribution >= 0.6 is 0 Å². The number of benzene rings is 4. The lowest BCUT2D eigenvalue weighted by molar-refractivity contribution is -0.138. The smallest absolute Gasteiger partial charge is 0.260 e. The van der Waals surface area contributed by atoms with Crippen LogP contribution in [0.2, 0.25) is 0 Å². The highest BCUT2D eigenvalue weighted by Crippen LogP contribution is 2.65. The molecule has 268 valence electrons. The average molecular weight is 709 g/mol. The average Bonchev–Trinajstić information content (AvgIpc) is 3.57. The first-order valence-electron chi connectivity index (χ1n) is 18.3. The minimum atomic E-state index is -1.44. The van der Waals surface area contributed by atoms with E-state index in [4.69, 9.17) is 4.74 Å². The molecule has 4 aromatic rings. The van der Waals surface area contributed by atoms with Crippen LogP contribution in [0.1, 0.15) is 35.4 Å². The van der Waals surface area contributed by atoms with Gasteiger partial charge in [-0.05, 0) is 73.7 Å². The van der Waals surface area contributed by atoms with Crippen molar-refractivity contribution in [3.8, 4) is 5.75 Å². The summed E-state index contributed by atoms with van der Waals surface area (Å²) in [5.74, 6) is -4.95. The molecule has 10 nitrogen and oxygen atoms in total. The van der Waals surface area contributed by atoms with E-state index >= 15 is 4.79 Å². The SMILES string of the molecule is Cc1ccc(NN2C(=O)[C@@H]3C[C@@H]4C(=CC[C@@H]5C(=O)N(c6ccc(N7CCOCC7)cc6)C(=O)[C@@H]54)[C@H](c4ccccc4O)[C@]3(c3ccccc3)C2=O)cc1. The van der Waals surface area contributed by atoms with Gasteiger partial charge in [-0.1, -0.05) is 77.9 Å². The molecule has 0 unspecified atom stereocenters. The summed E-state index contributed by atoms with van der Waals surface area (Å²) in [4.78, 5) is 62.4. The molecular formula is C43H40N4O6. The van der Waals surface area contributed by atoms with E-state index in [1.807, 2.05) is 97.9 Å². The Hall–Kier alpha value is -5.74. The number of phenolic OH excluding ortho intramolecular Hbond substituents is 1. The largest absolute Gasteiger partial charge is 0.508 e. The molecule has 4 aromatic carbocycles. The van der Waals surface area contributed by atoms with Gasteiger partial charge in [-0.2, -0.15) is 5.01 Å². The maximum absolute atomic E-state index is 15.2. The fraction of sp³-hybridized carbons (Fsp3) is 0.302. The Bertz CT molecular complexity index is 2150. The van der Waals surface area contributed by atoms with Crippen LogP contribution in [0.5, 0.6) is 5.75 Å². The molecule has 0 bridgehead atoms. The maximum atomic E-state index is 15.2. The number of hydrazine groups is 1. The van der Waals surface area contributed by atoms with E-state index in [0.717, 1.165) is 34.9 Å². The normalized spacial score (nSPS) is 28.1. The van der Waals surface area contributed by atoms with E-state index in [9.17, 15) is 19.5 Å². The third-order valence-corrected chi connectivity index (χ3v) is 12.1. The fourth-order valence-corrected chi connectivity index (χ4v) is 9.71. The molecule has 0 radical (unpaired) electrons. The number of amides is 4. The summed E-state index contributed by atoms with van der Waals surface area (Å²) in [6, 6.07) is 31.3. The third kappa shape index (κ3) is 5.03. The first-order valence-corrected chi connectivity index (χ1v) is 18.3. The fourth-order valence-electron chi connectivity index (χ4n) is 9.71. The van der Waals surface area contributed by atoms with E-state index in [1.54, 1.807) is 18.2 Å². The van der Waals surface area contributed by atoms with E-state index in [0.29, 0.717) is 42.1 Å². The summed E-state index contributed by atoms with van der Waals surface area (Å²) >= 11 is 0. The van der Waals surface area contributed by atoms with Crippen LogP contribution in [-0.2, 0) is 29.3 Å². The number of nitrogens with one attached hydrogen (secondary N) is 1. The van der Waals surface area contributed by atoms with Crippen LogP contribution in [0.15, 0.2) is 115 Å². The Morgan fingerprint density at radius 3 is 2.15 bits per heavy atom. The van der Waals surface area contributed by atoms with Crippen LogP contribution in [0.25, 0.3) is 0 Å². The number of ether oxygens (including phenoxy) is 1. The minimum absolute atomic E-state index is 0.00349. The number of phenols is 1. The maximum Gasteiger partial charge on any atom is 0.260 e. The highest BCUT2D eigenvalue weighted by Gasteiger charge is 2.70. The number of carbonyl (C=O) groups excluding carboxylic acids is 4. The highest BCUT2D eigenvalue weighted by molar-refractivity contribution is 6.22. The number of hydrogen-bond acceptors (Lipinski definition) is 8. The van der Waals surface area contributed by atoms with Gasteiger partial charge in [0.05, 0.1) is 47.8 Å². The van der Waals surface area contributed by atoms with Gasteiger partial charge in [0.25, 0.3) is 11.8 Å². The minimum Gasteiger partial charge on any atom is -0.508 e. The summed E-state index contributed by atoms with van der Waals surface area (Å²) in [7, 11) is 0. The number of allylic oxidation sites excluding steroid dienone is 2. The number of hydrogen-bond donors (Lipinski definition) is 2. The zero-order valence-corrected chi connectivity index (χ0v) is 29.4. The number of aryl methyl sites for hydroxylation is 1. The number of anilines is 3. The molecule has 6 atom stereocenters. The van der Waals surface area contributed by atoms with E-state index in [1.165, 1.54) is 4.90 Å². The number of imide groups is 2. The van der Waals surface area contributed by atoms with Gasteiger partial charge in [-0.3, -0.25) is 29.5 Å². The number of fused-ring (bicyclic) bond motifs is 4. The van der Waals surface area contributed by atoms with Crippen LogP contribution in [0, 0.1) is 30.6 Å². The molecule has 3 aliphatic heterocycles. The number of para-hydroxylation sites is 1. The number of rotatable bonds is 6. The summed E-state index contributed by atoms with van der Waals surface area (Å²) in [5, 5.41) is 12.6. The second kappa shape index (κ2) is 12.7. The third-order valence-electron chi connectivity index (χ3n) is 12.1. The van der Waals surface area contributed by atoms with Crippen LogP contribution in [-0.4, -0.2) is 60.0 Å². The molecule has 3 saturated heterocycles. The lowest BCUT2D eigenvalue weighted by Crippen LogP contribution is -2.53. The zero-order valence-electron chi connectivity index (χ0n) is 29.4. The van der Waals surface area contributed by atoms with E-state index in [2.05, 4.69) is 10.3 Å². The molecule has 2 aliphatic carbocycles. The molecule has 4 amide bonds. The lowest BCUT2D eigenvalue weighted by Gasteiger charge is -2.50. The van der Waals surface area contributed by atoms with Crippen molar-refractivity contribution >= 4 is 40.7 Å². The van der Waals surface area contributed by atoms with Crippen LogP contribution in [0.4, 0.5) is 17.1 Å². The second-order valence-corrected chi connectivity index (χ2v) is 14.8. The summed E-state index contributed by atoms with van der Waals surface area (Å²) in [6.45, 7) is 4.79. The highest BCUT2D eigenvalue weighted by atomic mass is 16.5. The first-order chi connectivity index (χ1) is 25.8. The Kier molecular flexibility index (Phi) is 7.96. The van der Waals surface area contributed by atoms with Gasteiger partial charge < -0.3 is 14.7 Å². The molecule has 3 heterocycles. The van der Waals surface area contributed by atoms with Crippen molar-refractivity contribution in [1.82, 2.24) is 5.01 Å². The number of nitrogens with zero attached hydrogens (tertiary/aromatic N) is 3. The van der Waals surface area contributed by atoms with Crippen LogP contribution < -0.4 is 15.2 Å². The van der Waals surface area contributed by atoms with Gasteiger partial charge in [0.15, 0.2) is 0 Å². The van der Waals surface area contributed by atoms with E-state index in [-0.39, 0.29) is 24.0 Å². The number of morpholine rings is 1. The van der Waals surface area contributed by atoms with Gasteiger partial charge in [-0.15, -0.1) is 0 Å². The summed E-state index contributed by atoms with van der Waals surface area (Å²) < 4.78 is 5.50. The predicted molar refractivity (Wildman–Crippen MR) is 199 cm³/mol. The standard InChI is InChI=1S/C43H40N4O6/c1-26-11-13-28(14-12-26)44-47-40(50)35-25-34-31(38(32-9-5-6-10-36(32)48)43(35,42(47)52)27-7-3-2-4-8-27)19-20-33-37(34)41(51)46(39(33)49)30-17-15-29(16-18-30)45-21-23-53-24-22-45/h2-19,33-35,37-38,44,48H,20-25H2,1H3/t33-,34+,35-,37-,38+,43+/m0/s1. The van der Waals surface area contributed by atoms with Crippen LogP contribution in [0.3, 0.4) is 0 Å². The second-order valence-electron chi connectivity index (χ2n) is 14.8. The van der Waals surface area contributed by atoms with Crippen molar-refractivity contribution in [3.05, 3.63) is 131 Å². The molecule has 10 heteroatoms. The van der Waals surface area contributed by atoms with Crippen molar-refractivity contribution in [2.45, 2.75) is 31.1 Å². The Labute approximate surface area is 307 Å². The molecule has 1 saturated carbocycles. The Morgan fingerprint density at radius 2 is 1.43 bits per heavy atom.